The topological polar surface area (TPSA) is 21.3 Å². The molecule has 102 valence electrons. The van der Waals surface area contributed by atoms with Crippen molar-refractivity contribution in [3.05, 3.63) is 0 Å². The fourth-order valence-corrected chi connectivity index (χ4v) is 2.74. The smallest absolute Gasteiger partial charge is 0.0625 e. The van der Waals surface area contributed by atoms with Crippen molar-refractivity contribution in [1.29, 1.82) is 0 Å². The van der Waals surface area contributed by atoms with Crippen LogP contribution >= 0.6 is 0 Å². The van der Waals surface area contributed by atoms with E-state index in [1.54, 1.807) is 0 Å². The molecule has 1 saturated carbocycles. The highest BCUT2D eigenvalue weighted by Gasteiger charge is 2.22. The van der Waals surface area contributed by atoms with E-state index >= 15 is 0 Å². The maximum absolute atomic E-state index is 6.13. The molecule has 0 aromatic carbocycles. The summed E-state index contributed by atoms with van der Waals surface area (Å²) in [7, 11) is 0. The van der Waals surface area contributed by atoms with Gasteiger partial charge < -0.3 is 10.1 Å². The van der Waals surface area contributed by atoms with E-state index in [1.165, 1.54) is 32.1 Å². The van der Waals surface area contributed by atoms with E-state index in [9.17, 15) is 0 Å². The van der Waals surface area contributed by atoms with Crippen molar-refractivity contribution in [1.82, 2.24) is 5.32 Å². The minimum atomic E-state index is 0.518. The lowest BCUT2D eigenvalue weighted by molar-refractivity contribution is -0.00258. The van der Waals surface area contributed by atoms with Crippen molar-refractivity contribution in [2.75, 3.05) is 13.2 Å². The molecular formula is C15H31NO. The maximum atomic E-state index is 6.13. The van der Waals surface area contributed by atoms with Gasteiger partial charge in [0.2, 0.25) is 0 Å². The summed E-state index contributed by atoms with van der Waals surface area (Å²) in [4.78, 5) is 0. The molecule has 17 heavy (non-hydrogen) atoms. The second-order valence-electron chi connectivity index (χ2n) is 5.78. The Kier molecular flexibility index (Phi) is 7.14. The number of hydrogen-bond acceptors (Lipinski definition) is 2. The van der Waals surface area contributed by atoms with Crippen LogP contribution in [0.15, 0.2) is 0 Å². The Hall–Kier alpha value is -0.0800. The van der Waals surface area contributed by atoms with Crippen LogP contribution in [0.3, 0.4) is 0 Å². The second-order valence-corrected chi connectivity index (χ2v) is 5.78. The standard InChI is InChI=1S/C15H31NO/c1-5-13(4)15(16-6-2)11-17-14-9-7-8-12(3)10-14/h12-16H,5-11H2,1-4H3. The van der Waals surface area contributed by atoms with Crippen LogP contribution in [0.25, 0.3) is 0 Å². The fourth-order valence-electron chi connectivity index (χ4n) is 2.74. The van der Waals surface area contributed by atoms with Gasteiger partial charge in [-0.2, -0.15) is 0 Å². The largest absolute Gasteiger partial charge is 0.377 e. The molecule has 4 atom stereocenters. The third-order valence-corrected chi connectivity index (χ3v) is 4.20. The molecule has 2 heteroatoms. The zero-order valence-corrected chi connectivity index (χ0v) is 12.2. The van der Waals surface area contributed by atoms with Gasteiger partial charge >= 0.3 is 0 Å². The van der Waals surface area contributed by atoms with Gasteiger partial charge in [0.05, 0.1) is 12.7 Å². The van der Waals surface area contributed by atoms with Gasteiger partial charge in [0.1, 0.15) is 0 Å². The zero-order chi connectivity index (χ0) is 12.7. The molecule has 0 aromatic rings. The Balaban J connectivity index is 2.29. The molecule has 0 aromatic heterocycles. The lowest BCUT2D eigenvalue weighted by atomic mass is 9.88. The number of rotatable bonds is 7. The van der Waals surface area contributed by atoms with Gasteiger partial charge in [-0.05, 0) is 31.2 Å². The summed E-state index contributed by atoms with van der Waals surface area (Å²) in [6.07, 6.45) is 7.01. The minimum Gasteiger partial charge on any atom is -0.377 e. The van der Waals surface area contributed by atoms with Gasteiger partial charge in [-0.3, -0.25) is 0 Å². The Morgan fingerprint density at radius 1 is 1.29 bits per heavy atom. The lowest BCUT2D eigenvalue weighted by Crippen LogP contribution is -2.40. The Morgan fingerprint density at radius 3 is 2.65 bits per heavy atom. The summed E-state index contributed by atoms with van der Waals surface area (Å²) >= 11 is 0. The molecule has 0 bridgehead atoms. The lowest BCUT2D eigenvalue weighted by Gasteiger charge is -2.30. The predicted octanol–water partition coefficient (Wildman–Crippen LogP) is 3.61. The molecule has 1 N–H and O–H groups in total. The van der Waals surface area contributed by atoms with Gasteiger partial charge in [0, 0.05) is 6.04 Å². The first-order valence-electron chi connectivity index (χ1n) is 7.52. The van der Waals surface area contributed by atoms with Crippen LogP contribution in [0.4, 0.5) is 0 Å². The van der Waals surface area contributed by atoms with Crippen molar-refractivity contribution < 1.29 is 4.74 Å². The van der Waals surface area contributed by atoms with Gasteiger partial charge in [0.15, 0.2) is 0 Å². The van der Waals surface area contributed by atoms with E-state index in [4.69, 9.17) is 4.74 Å². The Morgan fingerprint density at radius 2 is 2.06 bits per heavy atom. The summed E-state index contributed by atoms with van der Waals surface area (Å²) in [6.45, 7) is 11.0. The average molecular weight is 241 g/mol. The fraction of sp³-hybridized carbons (Fsp3) is 1.00. The highest BCUT2D eigenvalue weighted by atomic mass is 16.5. The zero-order valence-electron chi connectivity index (χ0n) is 12.2. The highest BCUT2D eigenvalue weighted by Crippen LogP contribution is 2.26. The van der Waals surface area contributed by atoms with Crippen LogP contribution in [0.5, 0.6) is 0 Å². The first-order chi connectivity index (χ1) is 8.17. The molecule has 0 radical (unpaired) electrons. The van der Waals surface area contributed by atoms with Crippen molar-refractivity contribution in [2.45, 2.75) is 71.9 Å². The van der Waals surface area contributed by atoms with Crippen LogP contribution in [0.2, 0.25) is 0 Å². The normalized spacial score (nSPS) is 28.9. The SMILES string of the molecule is CCNC(COC1CCCC(C)C1)C(C)CC. The molecular weight excluding hydrogens is 210 g/mol. The van der Waals surface area contributed by atoms with Crippen LogP contribution in [0, 0.1) is 11.8 Å². The molecule has 0 spiro atoms. The highest BCUT2D eigenvalue weighted by molar-refractivity contribution is 4.75. The average Bonchev–Trinajstić information content (AvgIpc) is 2.33. The molecule has 1 aliphatic carbocycles. The van der Waals surface area contributed by atoms with Crippen LogP contribution < -0.4 is 5.32 Å². The summed E-state index contributed by atoms with van der Waals surface area (Å²) < 4.78 is 6.13. The molecule has 0 aliphatic heterocycles. The van der Waals surface area contributed by atoms with Crippen LogP contribution in [-0.2, 0) is 4.74 Å². The molecule has 2 nitrogen and oxygen atoms in total. The van der Waals surface area contributed by atoms with Crippen LogP contribution in [-0.4, -0.2) is 25.3 Å². The molecule has 1 rings (SSSR count). The Bertz CT molecular complexity index is 195. The van der Waals surface area contributed by atoms with Crippen molar-refractivity contribution in [3.8, 4) is 0 Å². The summed E-state index contributed by atoms with van der Waals surface area (Å²) in [5.41, 5.74) is 0. The molecule has 1 aliphatic rings. The third kappa shape index (κ3) is 5.39. The first kappa shape index (κ1) is 15.0. The molecule has 4 unspecified atom stereocenters. The first-order valence-corrected chi connectivity index (χ1v) is 7.52. The minimum absolute atomic E-state index is 0.518. The van der Waals surface area contributed by atoms with E-state index in [-0.39, 0.29) is 0 Å². The van der Waals surface area contributed by atoms with Crippen molar-refractivity contribution in [2.24, 2.45) is 11.8 Å². The molecule has 0 heterocycles. The van der Waals surface area contributed by atoms with E-state index < -0.39 is 0 Å². The quantitative estimate of drug-likeness (QED) is 0.735. The summed E-state index contributed by atoms with van der Waals surface area (Å²) in [6, 6.07) is 0.530. The van der Waals surface area contributed by atoms with Crippen molar-refractivity contribution >= 4 is 0 Å². The molecule has 0 amide bonds. The van der Waals surface area contributed by atoms with E-state index in [2.05, 4.69) is 33.0 Å². The van der Waals surface area contributed by atoms with Gasteiger partial charge in [-0.25, -0.2) is 0 Å². The number of hydrogen-bond donors (Lipinski definition) is 1. The maximum Gasteiger partial charge on any atom is 0.0625 e. The van der Waals surface area contributed by atoms with E-state index in [1.807, 2.05) is 0 Å². The monoisotopic (exact) mass is 241 g/mol. The third-order valence-electron chi connectivity index (χ3n) is 4.20. The van der Waals surface area contributed by atoms with Gasteiger partial charge in [-0.1, -0.05) is 47.0 Å². The second kappa shape index (κ2) is 8.10. The predicted molar refractivity (Wildman–Crippen MR) is 74.3 cm³/mol. The van der Waals surface area contributed by atoms with Crippen molar-refractivity contribution in [3.63, 3.8) is 0 Å². The Labute approximate surface area is 108 Å². The van der Waals surface area contributed by atoms with E-state index in [0.717, 1.165) is 19.1 Å². The number of likely N-dealkylation sites (N-methyl/N-ethyl adjacent to an activating group) is 1. The van der Waals surface area contributed by atoms with Crippen LogP contribution in [0.1, 0.15) is 59.8 Å². The van der Waals surface area contributed by atoms with Gasteiger partial charge in [0.25, 0.3) is 0 Å². The molecule has 1 fully saturated rings. The number of nitrogens with one attached hydrogen (secondary N) is 1. The summed E-state index contributed by atoms with van der Waals surface area (Å²) in [5.74, 6) is 1.56. The summed E-state index contributed by atoms with van der Waals surface area (Å²) in [5, 5.41) is 3.56. The number of ether oxygens (including phenoxy) is 1. The van der Waals surface area contributed by atoms with E-state index in [0.29, 0.717) is 18.1 Å². The van der Waals surface area contributed by atoms with Gasteiger partial charge in [-0.15, -0.1) is 0 Å². The molecule has 0 saturated heterocycles.